The molecule has 0 bridgehead atoms. The second-order valence-electron chi connectivity index (χ2n) is 5.64. The van der Waals surface area contributed by atoms with Crippen molar-refractivity contribution >= 4 is 23.4 Å². The predicted octanol–water partition coefficient (Wildman–Crippen LogP) is 1.26. The van der Waals surface area contributed by atoms with Crippen molar-refractivity contribution in [2.45, 2.75) is 31.7 Å². The number of fused-ring (bicyclic) bond motifs is 1. The van der Waals surface area contributed by atoms with Gasteiger partial charge in [-0.3, -0.25) is 9.36 Å². The van der Waals surface area contributed by atoms with Crippen molar-refractivity contribution < 1.29 is 14.6 Å². The Morgan fingerprint density at radius 2 is 2.29 bits per heavy atom. The van der Waals surface area contributed by atoms with E-state index >= 15 is 0 Å². The summed E-state index contributed by atoms with van der Waals surface area (Å²) >= 11 is 6.18. The number of methoxy groups -OCH3 is 1. The number of nitrogens with zero attached hydrogens (tertiary/aromatic N) is 2. The van der Waals surface area contributed by atoms with E-state index in [9.17, 15) is 14.7 Å². The molecule has 0 aliphatic carbocycles. The second kappa shape index (κ2) is 5.65. The Balaban J connectivity index is 2.54. The normalized spacial score (nSPS) is 19.3. The van der Waals surface area contributed by atoms with Gasteiger partial charge in [-0.25, -0.2) is 9.78 Å². The number of nitrogens with one attached hydrogen (secondary N) is 1. The molecule has 0 unspecified atom stereocenters. The number of rotatable bonds is 5. The van der Waals surface area contributed by atoms with Gasteiger partial charge in [-0.2, -0.15) is 0 Å². The first-order valence-corrected chi connectivity index (χ1v) is 6.95. The maximum atomic E-state index is 12.5. The number of halogens is 1. The minimum atomic E-state index is -1.05. The van der Waals surface area contributed by atoms with Gasteiger partial charge in [-0.05, 0) is 6.42 Å². The molecular formula is C13H18ClN3O4. The third kappa shape index (κ3) is 2.75. The standard InChI is InChI=1S/C13H18ClN3O4/c1-13(2)6-7(12(19)20)17-8(13)9(14)16-10(11(17)18)15-4-5-21-3/h7H,4-6H2,1-3H3,(H,15,16)(H,19,20)/t7-/m0/s1. The Hall–Kier alpha value is -1.60. The molecule has 1 atom stereocenters. The quantitative estimate of drug-likeness (QED) is 0.795. The van der Waals surface area contributed by atoms with E-state index in [1.165, 1.54) is 4.57 Å². The van der Waals surface area contributed by atoms with Crippen molar-refractivity contribution in [3.63, 3.8) is 0 Å². The number of aromatic nitrogens is 2. The Kier molecular flexibility index (Phi) is 4.25. The fourth-order valence-electron chi connectivity index (χ4n) is 2.67. The first kappa shape index (κ1) is 15.8. The number of carboxylic acid groups (broad SMARTS) is 1. The highest BCUT2D eigenvalue weighted by atomic mass is 35.5. The van der Waals surface area contributed by atoms with Gasteiger partial charge < -0.3 is 15.2 Å². The molecule has 0 fully saturated rings. The van der Waals surface area contributed by atoms with Crippen molar-refractivity contribution in [3.05, 3.63) is 21.2 Å². The molecule has 2 N–H and O–H groups in total. The smallest absolute Gasteiger partial charge is 0.326 e. The van der Waals surface area contributed by atoms with Crippen molar-refractivity contribution in [3.8, 4) is 0 Å². The predicted molar refractivity (Wildman–Crippen MR) is 78.2 cm³/mol. The monoisotopic (exact) mass is 315 g/mol. The molecule has 0 saturated carbocycles. The molecule has 1 aromatic rings. The molecular weight excluding hydrogens is 298 g/mol. The molecule has 0 radical (unpaired) electrons. The van der Waals surface area contributed by atoms with Crippen LogP contribution in [0.5, 0.6) is 0 Å². The fourth-order valence-corrected chi connectivity index (χ4v) is 3.10. The van der Waals surface area contributed by atoms with Gasteiger partial charge >= 0.3 is 5.97 Å². The van der Waals surface area contributed by atoms with Crippen LogP contribution in [0, 0.1) is 0 Å². The zero-order valence-corrected chi connectivity index (χ0v) is 12.9. The second-order valence-corrected chi connectivity index (χ2v) is 5.99. The van der Waals surface area contributed by atoms with Crippen molar-refractivity contribution in [1.82, 2.24) is 9.55 Å². The van der Waals surface area contributed by atoms with Gasteiger partial charge in [0.2, 0.25) is 0 Å². The fraction of sp³-hybridized carbons (Fsp3) is 0.615. The van der Waals surface area contributed by atoms with E-state index in [0.717, 1.165) is 0 Å². The Morgan fingerprint density at radius 1 is 1.62 bits per heavy atom. The number of carbonyl (C=O) groups is 1. The molecule has 1 aromatic heterocycles. The van der Waals surface area contributed by atoms with E-state index in [1.54, 1.807) is 7.11 Å². The first-order chi connectivity index (χ1) is 9.79. The van der Waals surface area contributed by atoms with Crippen LogP contribution in [0.25, 0.3) is 0 Å². The Morgan fingerprint density at radius 3 is 2.86 bits per heavy atom. The summed E-state index contributed by atoms with van der Waals surface area (Å²) in [5.74, 6) is -1.00. The Bertz CT molecular complexity index is 627. The highest BCUT2D eigenvalue weighted by molar-refractivity contribution is 6.30. The van der Waals surface area contributed by atoms with Gasteiger partial charge in [0.15, 0.2) is 11.0 Å². The zero-order valence-electron chi connectivity index (χ0n) is 12.1. The maximum Gasteiger partial charge on any atom is 0.326 e. The topological polar surface area (TPSA) is 93.5 Å². The van der Waals surface area contributed by atoms with E-state index in [1.807, 2.05) is 13.8 Å². The molecule has 0 saturated heterocycles. The molecule has 1 aliphatic heterocycles. The van der Waals surface area contributed by atoms with Crippen LogP contribution < -0.4 is 10.9 Å². The Labute approximate surface area is 126 Å². The molecule has 0 aromatic carbocycles. The number of aliphatic carboxylic acids is 1. The third-order valence-corrected chi connectivity index (χ3v) is 3.87. The van der Waals surface area contributed by atoms with Crippen molar-refractivity contribution in [1.29, 1.82) is 0 Å². The molecule has 2 rings (SSSR count). The minimum absolute atomic E-state index is 0.0461. The largest absolute Gasteiger partial charge is 0.480 e. The number of hydrogen-bond donors (Lipinski definition) is 2. The summed E-state index contributed by atoms with van der Waals surface area (Å²) in [6.45, 7) is 4.49. The number of ether oxygens (including phenoxy) is 1. The molecule has 8 heteroatoms. The SMILES string of the molecule is COCCNc1nc(Cl)c2n(c1=O)[C@H](C(=O)O)CC2(C)C. The molecule has 7 nitrogen and oxygen atoms in total. The molecule has 1 aliphatic rings. The van der Waals surface area contributed by atoms with E-state index in [-0.39, 0.29) is 11.0 Å². The summed E-state index contributed by atoms with van der Waals surface area (Å²) < 4.78 is 6.14. The van der Waals surface area contributed by atoms with Crippen LogP contribution in [0.2, 0.25) is 5.15 Å². The number of hydrogen-bond acceptors (Lipinski definition) is 5. The minimum Gasteiger partial charge on any atom is -0.480 e. The van der Waals surface area contributed by atoms with Crippen LogP contribution in [-0.2, 0) is 14.9 Å². The summed E-state index contributed by atoms with van der Waals surface area (Å²) in [7, 11) is 1.54. The van der Waals surface area contributed by atoms with Crippen LogP contribution in [0.4, 0.5) is 5.82 Å². The summed E-state index contributed by atoms with van der Waals surface area (Å²) in [6, 6.07) is -0.925. The van der Waals surface area contributed by atoms with Crippen molar-refractivity contribution in [2.24, 2.45) is 0 Å². The average Bonchev–Trinajstić information content (AvgIpc) is 2.68. The van der Waals surface area contributed by atoms with Crippen LogP contribution in [0.3, 0.4) is 0 Å². The van der Waals surface area contributed by atoms with Gasteiger partial charge in [-0.1, -0.05) is 25.4 Å². The highest BCUT2D eigenvalue weighted by Gasteiger charge is 2.44. The van der Waals surface area contributed by atoms with Crippen LogP contribution in [0.1, 0.15) is 32.0 Å². The van der Waals surface area contributed by atoms with Gasteiger partial charge in [0.25, 0.3) is 5.56 Å². The van der Waals surface area contributed by atoms with Gasteiger partial charge in [0.1, 0.15) is 6.04 Å². The van der Waals surface area contributed by atoms with Crippen LogP contribution >= 0.6 is 11.6 Å². The third-order valence-electron chi connectivity index (χ3n) is 3.61. The van der Waals surface area contributed by atoms with E-state index in [2.05, 4.69) is 10.3 Å². The first-order valence-electron chi connectivity index (χ1n) is 6.57. The lowest BCUT2D eigenvalue weighted by Crippen LogP contribution is -2.31. The lowest BCUT2D eigenvalue weighted by molar-refractivity contribution is -0.140. The van der Waals surface area contributed by atoms with Gasteiger partial charge in [-0.15, -0.1) is 0 Å². The van der Waals surface area contributed by atoms with Crippen molar-refractivity contribution in [2.75, 3.05) is 25.6 Å². The number of anilines is 1. The lowest BCUT2D eigenvalue weighted by Gasteiger charge is -2.18. The molecule has 0 spiro atoms. The van der Waals surface area contributed by atoms with Gasteiger partial charge in [0, 0.05) is 19.1 Å². The highest BCUT2D eigenvalue weighted by Crippen LogP contribution is 2.42. The lowest BCUT2D eigenvalue weighted by atomic mass is 9.87. The average molecular weight is 316 g/mol. The van der Waals surface area contributed by atoms with E-state index < -0.39 is 23.0 Å². The summed E-state index contributed by atoms with van der Waals surface area (Å²) in [5, 5.41) is 12.3. The zero-order chi connectivity index (χ0) is 15.8. The number of carboxylic acids is 1. The molecule has 2 heterocycles. The summed E-state index contributed by atoms with van der Waals surface area (Å²) in [6.07, 6.45) is 0.306. The maximum absolute atomic E-state index is 12.5. The molecule has 116 valence electrons. The van der Waals surface area contributed by atoms with Crippen LogP contribution in [0.15, 0.2) is 4.79 Å². The van der Waals surface area contributed by atoms with Gasteiger partial charge in [0.05, 0.1) is 12.3 Å². The summed E-state index contributed by atoms with van der Waals surface area (Å²) in [4.78, 5) is 28.0. The van der Waals surface area contributed by atoms with Crippen LogP contribution in [-0.4, -0.2) is 40.9 Å². The molecule has 21 heavy (non-hydrogen) atoms. The summed E-state index contributed by atoms with van der Waals surface area (Å²) in [5.41, 5.74) is -0.514. The van der Waals surface area contributed by atoms with E-state index in [4.69, 9.17) is 16.3 Å². The van der Waals surface area contributed by atoms with E-state index in [0.29, 0.717) is 25.3 Å². The molecule has 0 amide bonds.